The maximum atomic E-state index is 6.60. The van der Waals surface area contributed by atoms with Crippen LogP contribution in [0.5, 0.6) is 5.75 Å². The summed E-state index contributed by atoms with van der Waals surface area (Å²) in [6.45, 7) is 17.8. The first kappa shape index (κ1) is 29.3. The van der Waals surface area contributed by atoms with Gasteiger partial charge in [-0.2, -0.15) is 0 Å². The molecule has 0 saturated heterocycles. The van der Waals surface area contributed by atoms with Crippen LogP contribution < -0.4 is 45.0 Å². The summed E-state index contributed by atoms with van der Waals surface area (Å²) < 4.78 is 6.60. The van der Waals surface area contributed by atoms with E-state index in [9.17, 15) is 0 Å². The standard InChI is InChI=1S/C24H32NOSi.2ClH.Ti/c1-9-16(2)22-21(26-27(6,7)8)15-19-18-13-11-10-12-17(18)14-20(19)23(22)25-24(3,4)5;;;/h10-13,15,25H,9H2,1-8H3;2*1H;/q-1;;;+3/p-2. The van der Waals surface area contributed by atoms with Crippen LogP contribution in [0.4, 0.5) is 5.69 Å². The average molecular weight is 497 g/mol. The van der Waals surface area contributed by atoms with Crippen molar-refractivity contribution in [2.75, 3.05) is 5.32 Å². The molecule has 3 rings (SSSR count). The third-order valence-electron chi connectivity index (χ3n) is 4.64. The smallest absolute Gasteiger partial charge is 1.00 e. The predicted molar refractivity (Wildman–Crippen MR) is 119 cm³/mol. The molecule has 2 aromatic carbocycles. The van der Waals surface area contributed by atoms with Gasteiger partial charge in [0.1, 0.15) is 0 Å². The Hall–Kier alpha value is -0.709. The van der Waals surface area contributed by atoms with E-state index in [0.29, 0.717) is 0 Å². The van der Waals surface area contributed by atoms with Crippen LogP contribution in [0.25, 0.3) is 11.6 Å². The van der Waals surface area contributed by atoms with E-state index in [2.05, 4.69) is 96.0 Å². The molecule has 0 fully saturated rings. The first-order valence-corrected chi connectivity index (χ1v) is 13.3. The predicted octanol–water partition coefficient (Wildman–Crippen LogP) is -0.997. The van der Waals surface area contributed by atoms with Gasteiger partial charge in [-0.1, -0.05) is 42.3 Å². The minimum atomic E-state index is -1.76. The zero-order chi connectivity index (χ0) is 20.0. The molecule has 1 radical (unpaired) electrons. The molecule has 0 amide bonds. The molecule has 0 bridgehead atoms. The SMILES string of the molecule is CCC(C)=c1c(O[Si](C)(C)C)cc2c(c1NC(C)(C)C)[C-]=c1ccccc1=2.[Cl-].[Cl-].[Ti+3]. The Morgan fingerprint density at radius 1 is 1.07 bits per heavy atom. The van der Waals surface area contributed by atoms with Crippen molar-refractivity contribution in [3.63, 3.8) is 0 Å². The van der Waals surface area contributed by atoms with Gasteiger partial charge in [0, 0.05) is 10.8 Å². The molecule has 161 valence electrons. The molecule has 0 aromatic heterocycles. The van der Waals surface area contributed by atoms with Gasteiger partial charge in [-0.25, -0.2) is 0 Å². The molecule has 2 nitrogen and oxygen atoms in total. The van der Waals surface area contributed by atoms with Crippen molar-refractivity contribution in [3.05, 3.63) is 56.8 Å². The van der Waals surface area contributed by atoms with Gasteiger partial charge in [0.15, 0.2) is 0 Å². The molecular weight excluding hydrogens is 465 g/mol. The Morgan fingerprint density at radius 2 is 1.67 bits per heavy atom. The second-order valence-electron chi connectivity index (χ2n) is 9.44. The molecule has 1 N–H and O–H groups in total. The second kappa shape index (κ2) is 10.7. The van der Waals surface area contributed by atoms with Crippen LogP contribution in [0.1, 0.15) is 46.6 Å². The number of hydrogen-bond donors (Lipinski definition) is 1. The Balaban J connectivity index is 0.00000280. The van der Waals surface area contributed by atoms with Crippen LogP contribution in [0.3, 0.4) is 0 Å². The molecule has 0 atom stereocenters. The summed E-state index contributed by atoms with van der Waals surface area (Å²) in [7, 11) is -1.76. The van der Waals surface area contributed by atoms with Crippen LogP contribution in [0.2, 0.25) is 19.6 Å². The van der Waals surface area contributed by atoms with Crippen LogP contribution >= 0.6 is 0 Å². The molecule has 2 aromatic rings. The number of rotatable bonds is 4. The summed E-state index contributed by atoms with van der Waals surface area (Å²) in [5.74, 6) is 1.01. The normalized spacial score (nSPS) is 12.8. The Labute approximate surface area is 209 Å². The minimum Gasteiger partial charge on any atom is -1.00 e. The van der Waals surface area contributed by atoms with Crippen molar-refractivity contribution in [3.8, 4) is 5.75 Å². The number of benzene rings is 2. The van der Waals surface area contributed by atoms with Crippen molar-refractivity contribution < 1.29 is 51.0 Å². The fourth-order valence-corrected chi connectivity index (χ4v) is 4.29. The van der Waals surface area contributed by atoms with E-state index < -0.39 is 8.32 Å². The first-order chi connectivity index (χ1) is 12.5. The van der Waals surface area contributed by atoms with Crippen molar-refractivity contribution in [2.45, 2.75) is 66.2 Å². The van der Waals surface area contributed by atoms with Gasteiger partial charge in [-0.05, 0) is 59.4 Å². The Morgan fingerprint density at radius 3 is 2.20 bits per heavy atom. The van der Waals surface area contributed by atoms with Gasteiger partial charge in [0.25, 0.3) is 0 Å². The molecule has 0 heterocycles. The fourth-order valence-electron chi connectivity index (χ4n) is 3.47. The summed E-state index contributed by atoms with van der Waals surface area (Å²) in [6.07, 6.45) is 4.65. The average Bonchev–Trinajstić information content (AvgIpc) is 2.90. The van der Waals surface area contributed by atoms with E-state index in [4.69, 9.17) is 4.43 Å². The zero-order valence-corrected chi connectivity index (χ0v) is 23.3. The summed E-state index contributed by atoms with van der Waals surface area (Å²) in [5, 5.41) is 8.62. The van der Waals surface area contributed by atoms with E-state index in [1.54, 1.807) is 0 Å². The maximum Gasteiger partial charge on any atom is 3.00 e. The minimum absolute atomic E-state index is 0. The molecule has 30 heavy (non-hydrogen) atoms. The van der Waals surface area contributed by atoms with Crippen LogP contribution in [-0.2, 0) is 21.7 Å². The van der Waals surface area contributed by atoms with Crippen LogP contribution in [0, 0.1) is 10.4 Å². The first-order valence-electron chi connectivity index (χ1n) is 9.87. The number of anilines is 1. The molecule has 1 aliphatic carbocycles. The molecular formula is C24H32Cl2NOSiTi. The third-order valence-corrected chi connectivity index (χ3v) is 5.47. The monoisotopic (exact) mass is 496 g/mol. The van der Waals surface area contributed by atoms with Crippen molar-refractivity contribution in [2.24, 2.45) is 0 Å². The van der Waals surface area contributed by atoms with Gasteiger partial charge >= 0.3 is 21.7 Å². The van der Waals surface area contributed by atoms with Crippen LogP contribution in [0.15, 0.2) is 30.3 Å². The van der Waals surface area contributed by atoms with E-state index in [1.165, 1.54) is 21.2 Å². The molecule has 6 heteroatoms. The van der Waals surface area contributed by atoms with E-state index in [1.807, 2.05) is 0 Å². The summed E-state index contributed by atoms with van der Waals surface area (Å²) in [4.78, 5) is 0. The van der Waals surface area contributed by atoms with Crippen molar-refractivity contribution >= 4 is 25.7 Å². The molecule has 0 aliphatic heterocycles. The van der Waals surface area contributed by atoms with E-state index in [0.717, 1.165) is 28.6 Å². The van der Waals surface area contributed by atoms with Gasteiger partial charge in [0.05, 0.1) is 5.75 Å². The zero-order valence-electron chi connectivity index (χ0n) is 19.3. The number of nitrogens with one attached hydrogen (secondary N) is 1. The summed E-state index contributed by atoms with van der Waals surface area (Å²) in [6, 6.07) is 10.8. The van der Waals surface area contributed by atoms with Gasteiger partial charge in [-0.15, -0.1) is 27.8 Å². The third kappa shape index (κ3) is 6.40. The Bertz CT molecular complexity index is 1100. The number of hydrogen-bond acceptors (Lipinski definition) is 2. The van der Waals surface area contributed by atoms with Gasteiger partial charge < -0.3 is 34.6 Å². The van der Waals surface area contributed by atoms with Gasteiger partial charge in [0.2, 0.25) is 8.32 Å². The topological polar surface area (TPSA) is 21.3 Å². The largest absolute Gasteiger partial charge is 3.00 e. The van der Waals surface area contributed by atoms with Crippen molar-refractivity contribution in [1.82, 2.24) is 0 Å². The maximum absolute atomic E-state index is 6.60. The number of fused-ring (bicyclic) bond motifs is 2. The van der Waals surface area contributed by atoms with Crippen LogP contribution in [-0.4, -0.2) is 13.9 Å². The van der Waals surface area contributed by atoms with E-state index in [-0.39, 0.29) is 52.1 Å². The molecule has 0 saturated carbocycles. The Kier molecular flexibility index (Phi) is 10.5. The number of halogens is 2. The quantitative estimate of drug-likeness (QED) is 0.369. The van der Waals surface area contributed by atoms with Gasteiger partial charge in [-0.3, -0.25) is 0 Å². The summed E-state index contributed by atoms with van der Waals surface area (Å²) >= 11 is 0. The molecule has 0 unspecified atom stereocenters. The fraction of sp³-hybridized carbons (Fsp3) is 0.417. The molecule has 0 spiro atoms. The second-order valence-corrected chi connectivity index (χ2v) is 13.9. The van der Waals surface area contributed by atoms with Crippen molar-refractivity contribution in [1.29, 1.82) is 0 Å². The molecule has 1 aliphatic rings. The summed E-state index contributed by atoms with van der Waals surface area (Å²) in [5.41, 5.74) is 3.61. The van der Waals surface area contributed by atoms with E-state index >= 15 is 0 Å².